The number of carbonyl (C=O) groups is 1. The second kappa shape index (κ2) is 5.64. The van der Waals surface area contributed by atoms with E-state index < -0.39 is 11.8 Å². The Morgan fingerprint density at radius 2 is 2.00 bits per heavy atom. The van der Waals surface area contributed by atoms with Gasteiger partial charge in [-0.25, -0.2) is 14.2 Å². The first kappa shape index (κ1) is 14.6. The number of nitrogens with zero attached hydrogens (tertiary/aromatic N) is 1. The van der Waals surface area contributed by atoms with E-state index in [1.165, 1.54) is 19.2 Å². The average molecular weight is 315 g/mol. The molecule has 0 fully saturated rings. The summed E-state index contributed by atoms with van der Waals surface area (Å²) in [6, 6.07) is 5.62. The van der Waals surface area contributed by atoms with Gasteiger partial charge in [0.1, 0.15) is 0 Å². The van der Waals surface area contributed by atoms with Gasteiger partial charge in [-0.15, -0.1) is 0 Å². The molecule has 2 N–H and O–H groups in total. The minimum absolute atomic E-state index is 0.0786. The smallest absolute Gasteiger partial charge is 0.339 e. The summed E-state index contributed by atoms with van der Waals surface area (Å²) in [7, 11) is 1.24. The van der Waals surface area contributed by atoms with Crippen LogP contribution in [0.15, 0.2) is 24.3 Å². The molecule has 1 aromatic carbocycles. The van der Waals surface area contributed by atoms with Gasteiger partial charge >= 0.3 is 5.97 Å². The molecule has 0 bridgehead atoms. The van der Waals surface area contributed by atoms with Crippen molar-refractivity contribution in [3.05, 3.63) is 45.7 Å². The highest BCUT2D eigenvalue weighted by molar-refractivity contribution is 6.34. The fraction of sp³-hybridized carbons (Fsp3) is 0.0769. The highest BCUT2D eigenvalue weighted by Gasteiger charge is 2.15. The number of hydrogen-bond acceptors (Lipinski definition) is 4. The third-order valence-electron chi connectivity index (χ3n) is 2.60. The molecule has 0 atom stereocenters. The average Bonchev–Trinajstić information content (AvgIpc) is 2.43. The van der Waals surface area contributed by atoms with E-state index in [-0.39, 0.29) is 27.1 Å². The number of halogens is 3. The number of carbonyl (C=O) groups excluding carboxylic acids is 1. The Kier molecular flexibility index (Phi) is 4.11. The van der Waals surface area contributed by atoms with Crippen molar-refractivity contribution in [1.82, 2.24) is 4.98 Å². The number of nitrogens with two attached hydrogens (primary N) is 1. The molecule has 0 aliphatic carbocycles. The minimum Gasteiger partial charge on any atom is -0.465 e. The van der Waals surface area contributed by atoms with Gasteiger partial charge in [0.25, 0.3) is 0 Å². The third kappa shape index (κ3) is 2.69. The number of hydrogen-bond donors (Lipinski definition) is 1. The molecule has 2 aromatic rings. The monoisotopic (exact) mass is 314 g/mol. The molecule has 0 unspecified atom stereocenters. The Morgan fingerprint density at radius 3 is 2.65 bits per heavy atom. The van der Waals surface area contributed by atoms with Crippen LogP contribution in [0.1, 0.15) is 10.4 Å². The molecule has 20 heavy (non-hydrogen) atoms. The summed E-state index contributed by atoms with van der Waals surface area (Å²) in [5.74, 6) is -1.58. The first-order valence-corrected chi connectivity index (χ1v) is 6.19. The highest BCUT2D eigenvalue weighted by Crippen LogP contribution is 2.31. The molecule has 4 nitrogen and oxygen atoms in total. The maximum Gasteiger partial charge on any atom is 0.339 e. The summed E-state index contributed by atoms with van der Waals surface area (Å²) in [6.45, 7) is 0. The van der Waals surface area contributed by atoms with E-state index in [9.17, 15) is 9.18 Å². The van der Waals surface area contributed by atoms with Crippen LogP contribution in [0, 0.1) is 5.82 Å². The van der Waals surface area contributed by atoms with Gasteiger partial charge in [-0.2, -0.15) is 0 Å². The number of rotatable bonds is 2. The van der Waals surface area contributed by atoms with Gasteiger partial charge in [-0.3, -0.25) is 0 Å². The second-order valence-corrected chi connectivity index (χ2v) is 4.69. The first-order chi connectivity index (χ1) is 9.43. The van der Waals surface area contributed by atoms with Gasteiger partial charge in [0.05, 0.1) is 28.4 Å². The zero-order valence-electron chi connectivity index (χ0n) is 10.3. The number of esters is 1. The van der Waals surface area contributed by atoms with Crippen LogP contribution in [0.5, 0.6) is 0 Å². The van der Waals surface area contributed by atoms with Crippen molar-refractivity contribution in [3.8, 4) is 11.3 Å². The molecule has 1 aromatic heterocycles. The summed E-state index contributed by atoms with van der Waals surface area (Å²) in [6.07, 6.45) is 0. The molecule has 1 heterocycles. The van der Waals surface area contributed by atoms with E-state index in [0.29, 0.717) is 5.56 Å². The lowest BCUT2D eigenvalue weighted by Gasteiger charge is -2.08. The highest BCUT2D eigenvalue weighted by atomic mass is 35.5. The molecule has 0 spiro atoms. The molecule has 0 radical (unpaired) electrons. The van der Waals surface area contributed by atoms with Crippen molar-refractivity contribution in [2.24, 2.45) is 0 Å². The maximum atomic E-state index is 13.2. The number of aromatic nitrogens is 1. The van der Waals surface area contributed by atoms with Crippen LogP contribution < -0.4 is 5.73 Å². The van der Waals surface area contributed by atoms with Crippen LogP contribution in [0.3, 0.4) is 0 Å². The largest absolute Gasteiger partial charge is 0.465 e. The van der Waals surface area contributed by atoms with E-state index in [4.69, 9.17) is 28.9 Å². The lowest BCUT2D eigenvalue weighted by Crippen LogP contribution is -2.03. The Balaban J connectivity index is 2.59. The van der Waals surface area contributed by atoms with Crippen molar-refractivity contribution in [2.75, 3.05) is 12.8 Å². The summed E-state index contributed by atoms with van der Waals surface area (Å²) in [4.78, 5) is 15.5. The number of pyridine rings is 1. The minimum atomic E-state index is -0.707. The first-order valence-electron chi connectivity index (χ1n) is 5.43. The van der Waals surface area contributed by atoms with Crippen molar-refractivity contribution >= 4 is 35.0 Å². The Labute approximate surface area is 124 Å². The Morgan fingerprint density at radius 1 is 1.30 bits per heavy atom. The van der Waals surface area contributed by atoms with Gasteiger partial charge in [0.15, 0.2) is 11.6 Å². The van der Waals surface area contributed by atoms with Crippen LogP contribution in [0.25, 0.3) is 11.3 Å². The summed E-state index contributed by atoms with van der Waals surface area (Å²) in [5, 5.41) is 0.307. The predicted molar refractivity (Wildman–Crippen MR) is 75.4 cm³/mol. The van der Waals surface area contributed by atoms with Crippen LogP contribution in [0.2, 0.25) is 10.0 Å². The van der Waals surface area contributed by atoms with E-state index in [1.807, 2.05) is 0 Å². The number of anilines is 1. The molecular weight excluding hydrogens is 306 g/mol. The topological polar surface area (TPSA) is 65.2 Å². The summed E-state index contributed by atoms with van der Waals surface area (Å²) >= 11 is 11.8. The standard InChI is InChI=1S/C13H9Cl2FN2O2/c1-20-13(19)7-4-6(2-3-8(7)14)11-9(15)5-10(16)12(17)18-11/h2-5H,1H3,(H2,17,18). The van der Waals surface area contributed by atoms with E-state index in [2.05, 4.69) is 9.72 Å². The van der Waals surface area contributed by atoms with Gasteiger partial charge in [0, 0.05) is 5.56 Å². The zero-order chi connectivity index (χ0) is 14.9. The number of benzene rings is 1. The second-order valence-electron chi connectivity index (χ2n) is 3.87. The van der Waals surface area contributed by atoms with E-state index in [1.54, 1.807) is 6.07 Å². The zero-order valence-corrected chi connectivity index (χ0v) is 11.8. The Hall–Kier alpha value is -1.85. The molecule has 0 saturated carbocycles. The van der Waals surface area contributed by atoms with Crippen molar-refractivity contribution in [3.63, 3.8) is 0 Å². The molecule has 104 valence electrons. The normalized spacial score (nSPS) is 10.4. The lowest BCUT2D eigenvalue weighted by molar-refractivity contribution is 0.0601. The van der Waals surface area contributed by atoms with Gasteiger partial charge in [-0.1, -0.05) is 29.3 Å². The van der Waals surface area contributed by atoms with Crippen molar-refractivity contribution in [2.45, 2.75) is 0 Å². The SMILES string of the molecule is COC(=O)c1cc(-c2nc(N)c(F)cc2Cl)ccc1Cl. The summed E-state index contributed by atoms with van der Waals surface area (Å²) < 4.78 is 17.9. The molecule has 0 aliphatic heterocycles. The van der Waals surface area contributed by atoms with Crippen molar-refractivity contribution < 1.29 is 13.9 Å². The van der Waals surface area contributed by atoms with Gasteiger partial charge < -0.3 is 10.5 Å². The predicted octanol–water partition coefficient (Wildman–Crippen LogP) is 3.56. The molecule has 0 aliphatic rings. The lowest BCUT2D eigenvalue weighted by atomic mass is 10.1. The quantitative estimate of drug-likeness (QED) is 0.861. The molecule has 0 saturated heterocycles. The molecule has 7 heteroatoms. The molecular formula is C13H9Cl2FN2O2. The fourth-order valence-corrected chi connectivity index (χ4v) is 2.06. The van der Waals surface area contributed by atoms with Gasteiger partial charge in [-0.05, 0) is 18.2 Å². The van der Waals surface area contributed by atoms with Crippen LogP contribution in [-0.2, 0) is 4.74 Å². The fourth-order valence-electron chi connectivity index (χ4n) is 1.62. The maximum absolute atomic E-state index is 13.2. The van der Waals surface area contributed by atoms with Crippen LogP contribution >= 0.6 is 23.2 Å². The van der Waals surface area contributed by atoms with E-state index >= 15 is 0 Å². The number of nitrogen functional groups attached to an aromatic ring is 1. The van der Waals surface area contributed by atoms with Gasteiger partial charge in [0.2, 0.25) is 0 Å². The number of methoxy groups -OCH3 is 1. The molecule has 0 amide bonds. The van der Waals surface area contributed by atoms with Crippen LogP contribution in [-0.4, -0.2) is 18.1 Å². The van der Waals surface area contributed by atoms with E-state index in [0.717, 1.165) is 6.07 Å². The summed E-state index contributed by atoms with van der Waals surface area (Å²) in [5.41, 5.74) is 6.31. The number of ether oxygens (including phenoxy) is 1. The Bertz CT molecular complexity index is 692. The van der Waals surface area contributed by atoms with Crippen LogP contribution in [0.4, 0.5) is 10.2 Å². The van der Waals surface area contributed by atoms with Crippen molar-refractivity contribution in [1.29, 1.82) is 0 Å². The molecule has 2 rings (SSSR count). The third-order valence-corrected chi connectivity index (χ3v) is 3.22.